The molecule has 2 atom stereocenters. The molecule has 6 nitrogen and oxygen atoms in total. The summed E-state index contributed by atoms with van der Waals surface area (Å²) in [6.07, 6.45) is -1.22. The number of rotatable bonds is 3. The standard InChI is InChI=1S/C7H7ClN2O4/c8-3-1-9-6(10-2-3)4(11)5(12)7(13)14/h1-2,4-5,11-12H,(H,13,14). The average molecular weight is 219 g/mol. The molecule has 0 bridgehead atoms. The van der Waals surface area contributed by atoms with E-state index in [1.54, 1.807) is 0 Å². The highest BCUT2D eigenvalue weighted by Crippen LogP contribution is 2.13. The van der Waals surface area contributed by atoms with E-state index in [0.29, 0.717) is 0 Å². The van der Waals surface area contributed by atoms with Crippen LogP contribution in [-0.4, -0.2) is 37.4 Å². The zero-order valence-corrected chi connectivity index (χ0v) is 7.59. The maximum atomic E-state index is 10.3. The smallest absolute Gasteiger partial charge is 0.335 e. The molecule has 1 aromatic rings. The summed E-state index contributed by atoms with van der Waals surface area (Å²) in [5.41, 5.74) is 0. The summed E-state index contributed by atoms with van der Waals surface area (Å²) in [5, 5.41) is 26.8. The Balaban J connectivity index is 2.84. The van der Waals surface area contributed by atoms with E-state index in [1.165, 1.54) is 12.4 Å². The highest BCUT2D eigenvalue weighted by Gasteiger charge is 2.27. The van der Waals surface area contributed by atoms with Crippen molar-refractivity contribution >= 4 is 17.6 Å². The zero-order chi connectivity index (χ0) is 10.7. The van der Waals surface area contributed by atoms with Gasteiger partial charge >= 0.3 is 5.97 Å². The molecule has 0 spiro atoms. The van der Waals surface area contributed by atoms with Gasteiger partial charge in [0, 0.05) is 12.4 Å². The second-order valence-corrected chi connectivity index (χ2v) is 2.92. The van der Waals surface area contributed by atoms with Gasteiger partial charge in [-0.25, -0.2) is 14.8 Å². The molecule has 7 heteroatoms. The lowest BCUT2D eigenvalue weighted by Crippen LogP contribution is -2.28. The molecule has 3 N–H and O–H groups in total. The van der Waals surface area contributed by atoms with E-state index in [9.17, 15) is 9.90 Å². The van der Waals surface area contributed by atoms with Crippen molar-refractivity contribution < 1.29 is 20.1 Å². The maximum absolute atomic E-state index is 10.3. The number of aromatic nitrogens is 2. The number of hydrogen-bond acceptors (Lipinski definition) is 5. The third-order valence-electron chi connectivity index (χ3n) is 1.46. The molecule has 1 aromatic heterocycles. The first kappa shape index (κ1) is 10.8. The Labute approximate surface area is 83.8 Å². The Bertz CT molecular complexity index is 329. The fourth-order valence-corrected chi connectivity index (χ4v) is 0.849. The molecular formula is C7H7ClN2O4. The zero-order valence-electron chi connectivity index (χ0n) is 6.83. The number of halogens is 1. The van der Waals surface area contributed by atoms with Gasteiger partial charge in [0.1, 0.15) is 0 Å². The first-order valence-electron chi connectivity index (χ1n) is 3.58. The number of aliphatic hydroxyl groups is 2. The van der Waals surface area contributed by atoms with Crippen LogP contribution < -0.4 is 0 Å². The van der Waals surface area contributed by atoms with Crippen LogP contribution in [0.15, 0.2) is 12.4 Å². The lowest BCUT2D eigenvalue weighted by Gasteiger charge is -2.11. The minimum absolute atomic E-state index is 0.190. The van der Waals surface area contributed by atoms with Crippen LogP contribution in [0.4, 0.5) is 0 Å². The Morgan fingerprint density at radius 3 is 2.29 bits per heavy atom. The lowest BCUT2D eigenvalue weighted by atomic mass is 10.2. The summed E-state index contributed by atoms with van der Waals surface area (Å²) in [5.74, 6) is -1.74. The van der Waals surface area contributed by atoms with Gasteiger partial charge in [-0.2, -0.15) is 0 Å². The van der Waals surface area contributed by atoms with Gasteiger partial charge in [-0.1, -0.05) is 11.6 Å². The quantitative estimate of drug-likeness (QED) is 0.638. The van der Waals surface area contributed by atoms with E-state index < -0.39 is 18.2 Å². The molecule has 0 aromatic carbocycles. The molecule has 0 amide bonds. The minimum atomic E-state index is -1.95. The van der Waals surface area contributed by atoms with Gasteiger partial charge in [0.2, 0.25) is 0 Å². The van der Waals surface area contributed by atoms with Gasteiger partial charge < -0.3 is 15.3 Å². The number of carboxylic acid groups (broad SMARTS) is 1. The first-order valence-corrected chi connectivity index (χ1v) is 3.96. The number of aliphatic carboxylic acids is 1. The van der Waals surface area contributed by atoms with Crippen LogP contribution in [0.3, 0.4) is 0 Å². The fourth-order valence-electron chi connectivity index (χ4n) is 0.751. The van der Waals surface area contributed by atoms with Gasteiger partial charge in [0.15, 0.2) is 18.0 Å². The molecule has 0 saturated heterocycles. The SMILES string of the molecule is O=C(O)C(O)C(O)c1ncc(Cl)cn1. The van der Waals surface area contributed by atoms with Crippen molar-refractivity contribution in [2.24, 2.45) is 0 Å². The largest absolute Gasteiger partial charge is 0.479 e. The highest BCUT2D eigenvalue weighted by atomic mass is 35.5. The molecule has 0 aliphatic carbocycles. The molecule has 0 aliphatic heterocycles. The van der Waals surface area contributed by atoms with Crippen molar-refractivity contribution in [3.05, 3.63) is 23.2 Å². The third kappa shape index (κ3) is 2.38. The molecule has 2 unspecified atom stereocenters. The van der Waals surface area contributed by atoms with Crippen molar-refractivity contribution in [1.82, 2.24) is 9.97 Å². The fraction of sp³-hybridized carbons (Fsp3) is 0.286. The Morgan fingerprint density at radius 2 is 1.86 bits per heavy atom. The molecule has 0 saturated carbocycles. The highest BCUT2D eigenvalue weighted by molar-refractivity contribution is 6.30. The van der Waals surface area contributed by atoms with Crippen molar-refractivity contribution in [1.29, 1.82) is 0 Å². The van der Waals surface area contributed by atoms with Crippen LogP contribution in [0, 0.1) is 0 Å². The van der Waals surface area contributed by atoms with Crippen LogP contribution >= 0.6 is 11.6 Å². The number of hydrogen-bond donors (Lipinski definition) is 3. The van der Waals surface area contributed by atoms with Crippen molar-refractivity contribution in [3.8, 4) is 0 Å². The molecule has 0 fully saturated rings. The van der Waals surface area contributed by atoms with E-state index in [1.807, 2.05) is 0 Å². The molecule has 1 rings (SSSR count). The van der Waals surface area contributed by atoms with Crippen molar-refractivity contribution in [3.63, 3.8) is 0 Å². The summed E-state index contributed by atoms with van der Waals surface area (Å²) in [4.78, 5) is 17.4. The molecule has 0 aliphatic rings. The normalized spacial score (nSPS) is 14.8. The van der Waals surface area contributed by atoms with Gasteiger partial charge in [0.05, 0.1) is 5.02 Å². The molecular weight excluding hydrogens is 212 g/mol. The van der Waals surface area contributed by atoms with Gasteiger partial charge in [-0.3, -0.25) is 0 Å². The van der Waals surface area contributed by atoms with E-state index in [2.05, 4.69) is 9.97 Å². The second kappa shape index (κ2) is 4.32. The van der Waals surface area contributed by atoms with Crippen LogP contribution in [0.1, 0.15) is 11.9 Å². The Kier molecular flexibility index (Phi) is 3.34. The number of aliphatic hydroxyl groups excluding tert-OH is 2. The van der Waals surface area contributed by atoms with E-state index in [-0.39, 0.29) is 10.8 Å². The van der Waals surface area contributed by atoms with Crippen LogP contribution in [0.5, 0.6) is 0 Å². The van der Waals surface area contributed by atoms with Crippen molar-refractivity contribution in [2.45, 2.75) is 12.2 Å². The number of nitrogens with zero attached hydrogens (tertiary/aromatic N) is 2. The topological polar surface area (TPSA) is 104 Å². The van der Waals surface area contributed by atoms with Crippen LogP contribution in [0.25, 0.3) is 0 Å². The first-order chi connectivity index (χ1) is 6.52. The molecule has 0 radical (unpaired) electrons. The monoisotopic (exact) mass is 218 g/mol. The van der Waals surface area contributed by atoms with Crippen LogP contribution in [0.2, 0.25) is 5.02 Å². The van der Waals surface area contributed by atoms with Gasteiger partial charge in [-0.05, 0) is 0 Å². The summed E-state index contributed by atoms with van der Waals surface area (Å²) in [6.45, 7) is 0. The maximum Gasteiger partial charge on any atom is 0.335 e. The Hall–Kier alpha value is -1.24. The summed E-state index contributed by atoms with van der Waals surface area (Å²) < 4.78 is 0. The molecule has 1 heterocycles. The Morgan fingerprint density at radius 1 is 1.36 bits per heavy atom. The average Bonchev–Trinajstić information content (AvgIpc) is 2.16. The van der Waals surface area contributed by atoms with Gasteiger partial charge in [0.25, 0.3) is 0 Å². The predicted octanol–water partition coefficient (Wildman–Crippen LogP) is -0.391. The van der Waals surface area contributed by atoms with Crippen LogP contribution in [-0.2, 0) is 4.79 Å². The summed E-state index contributed by atoms with van der Waals surface area (Å²) in [7, 11) is 0. The third-order valence-corrected chi connectivity index (χ3v) is 1.65. The summed E-state index contributed by atoms with van der Waals surface area (Å²) in [6, 6.07) is 0. The molecule has 14 heavy (non-hydrogen) atoms. The molecule has 76 valence electrons. The van der Waals surface area contributed by atoms with Gasteiger partial charge in [-0.15, -0.1) is 0 Å². The number of carboxylic acids is 1. The van der Waals surface area contributed by atoms with E-state index in [0.717, 1.165) is 0 Å². The second-order valence-electron chi connectivity index (χ2n) is 2.49. The number of carbonyl (C=O) groups is 1. The van der Waals surface area contributed by atoms with E-state index >= 15 is 0 Å². The summed E-state index contributed by atoms with van der Waals surface area (Å²) >= 11 is 5.47. The van der Waals surface area contributed by atoms with E-state index in [4.69, 9.17) is 21.8 Å². The predicted molar refractivity (Wildman–Crippen MR) is 45.6 cm³/mol. The lowest BCUT2D eigenvalue weighted by molar-refractivity contribution is -0.153. The van der Waals surface area contributed by atoms with Crippen molar-refractivity contribution in [2.75, 3.05) is 0 Å². The minimum Gasteiger partial charge on any atom is -0.479 e.